The number of nitrogens with one attached hydrogen (secondary N) is 1. The van der Waals surface area contributed by atoms with Crippen LogP contribution in [0.25, 0.3) is 10.8 Å². The molecule has 1 N–H and O–H groups in total. The van der Waals surface area contributed by atoms with E-state index in [2.05, 4.69) is 5.32 Å². The molecule has 31 heavy (non-hydrogen) atoms. The predicted molar refractivity (Wildman–Crippen MR) is 119 cm³/mol. The van der Waals surface area contributed by atoms with Crippen molar-refractivity contribution in [1.29, 1.82) is 0 Å². The van der Waals surface area contributed by atoms with Gasteiger partial charge in [0, 0.05) is 29.7 Å². The highest BCUT2D eigenvalue weighted by Crippen LogP contribution is 2.30. The largest absolute Gasteiger partial charge is 0.496 e. The number of hydrogen-bond acceptors (Lipinski definition) is 3. The molecular formula is C25H25FN2O3. The van der Waals surface area contributed by atoms with Crippen molar-refractivity contribution >= 4 is 28.3 Å². The zero-order valence-corrected chi connectivity index (χ0v) is 17.7. The second-order valence-electron chi connectivity index (χ2n) is 7.90. The molecule has 0 aliphatic carbocycles. The zero-order valence-electron chi connectivity index (χ0n) is 17.7. The molecule has 1 atom stereocenters. The summed E-state index contributed by atoms with van der Waals surface area (Å²) in [5.41, 5.74) is 1.87. The Morgan fingerprint density at radius 2 is 1.87 bits per heavy atom. The third kappa shape index (κ3) is 4.24. The molecule has 1 saturated heterocycles. The number of methoxy groups -OCH3 is 1. The topological polar surface area (TPSA) is 58.6 Å². The number of fused-ring (bicyclic) bond motifs is 1. The Balaban J connectivity index is 1.53. The molecule has 160 valence electrons. The Hall–Kier alpha value is -3.41. The lowest BCUT2D eigenvalue weighted by Crippen LogP contribution is -2.43. The Morgan fingerprint density at radius 1 is 1.10 bits per heavy atom. The molecule has 0 saturated carbocycles. The van der Waals surface area contributed by atoms with Gasteiger partial charge in [-0.05, 0) is 61.0 Å². The molecule has 0 bridgehead atoms. The highest BCUT2D eigenvalue weighted by atomic mass is 19.1. The van der Waals surface area contributed by atoms with Crippen molar-refractivity contribution in [3.05, 3.63) is 71.5 Å². The monoisotopic (exact) mass is 420 g/mol. The Bertz CT molecular complexity index is 1140. The van der Waals surface area contributed by atoms with Crippen LogP contribution in [-0.2, 0) is 4.79 Å². The molecular weight excluding hydrogens is 395 g/mol. The van der Waals surface area contributed by atoms with Gasteiger partial charge < -0.3 is 15.0 Å². The van der Waals surface area contributed by atoms with Gasteiger partial charge in [0.15, 0.2) is 0 Å². The third-order valence-electron chi connectivity index (χ3n) is 5.86. The van der Waals surface area contributed by atoms with Crippen LogP contribution in [0.1, 0.15) is 28.8 Å². The number of rotatable bonds is 4. The first kappa shape index (κ1) is 20.8. The maximum Gasteiger partial charge on any atom is 0.254 e. The van der Waals surface area contributed by atoms with E-state index in [1.54, 1.807) is 37.1 Å². The predicted octanol–water partition coefficient (Wildman–Crippen LogP) is 4.79. The van der Waals surface area contributed by atoms with Crippen LogP contribution in [0.4, 0.5) is 10.1 Å². The number of hydrogen-bond donors (Lipinski definition) is 1. The van der Waals surface area contributed by atoms with Crippen LogP contribution >= 0.6 is 0 Å². The van der Waals surface area contributed by atoms with Gasteiger partial charge in [-0.1, -0.05) is 24.3 Å². The molecule has 6 heteroatoms. The minimum Gasteiger partial charge on any atom is -0.496 e. The van der Waals surface area contributed by atoms with Gasteiger partial charge in [-0.2, -0.15) is 0 Å². The van der Waals surface area contributed by atoms with Gasteiger partial charge >= 0.3 is 0 Å². The SMILES string of the molecule is COc1ccc(C(=O)N2CCC[C@H](C(=O)Nc3ccc(F)cc3C)C2)c2ccccc12. The van der Waals surface area contributed by atoms with Gasteiger partial charge in [0.2, 0.25) is 5.91 Å². The van der Waals surface area contributed by atoms with Gasteiger partial charge in [-0.25, -0.2) is 4.39 Å². The van der Waals surface area contributed by atoms with Crippen molar-refractivity contribution in [2.75, 3.05) is 25.5 Å². The molecule has 1 heterocycles. The number of anilines is 1. The van der Waals surface area contributed by atoms with E-state index in [9.17, 15) is 14.0 Å². The van der Waals surface area contributed by atoms with E-state index < -0.39 is 0 Å². The summed E-state index contributed by atoms with van der Waals surface area (Å²) in [4.78, 5) is 27.9. The lowest BCUT2D eigenvalue weighted by Gasteiger charge is -2.32. The molecule has 0 unspecified atom stereocenters. The fourth-order valence-corrected chi connectivity index (χ4v) is 4.18. The molecule has 0 spiro atoms. The summed E-state index contributed by atoms with van der Waals surface area (Å²) in [6.07, 6.45) is 1.46. The van der Waals surface area contributed by atoms with Crippen LogP contribution < -0.4 is 10.1 Å². The van der Waals surface area contributed by atoms with Crippen LogP contribution in [0.2, 0.25) is 0 Å². The summed E-state index contributed by atoms with van der Waals surface area (Å²) >= 11 is 0. The highest BCUT2D eigenvalue weighted by molar-refractivity contribution is 6.08. The molecule has 3 aromatic rings. The number of piperidine rings is 1. The molecule has 0 aromatic heterocycles. The number of amides is 2. The molecule has 1 aliphatic heterocycles. The number of ether oxygens (including phenoxy) is 1. The lowest BCUT2D eigenvalue weighted by molar-refractivity contribution is -0.121. The summed E-state index contributed by atoms with van der Waals surface area (Å²) < 4.78 is 18.8. The van der Waals surface area contributed by atoms with Gasteiger partial charge in [0.1, 0.15) is 11.6 Å². The number of carbonyl (C=O) groups is 2. The van der Waals surface area contributed by atoms with Gasteiger partial charge in [-0.3, -0.25) is 9.59 Å². The van der Waals surface area contributed by atoms with E-state index in [0.717, 1.165) is 22.9 Å². The average Bonchev–Trinajstić information content (AvgIpc) is 2.79. The fourth-order valence-electron chi connectivity index (χ4n) is 4.18. The van der Waals surface area contributed by atoms with Crippen LogP contribution in [0.5, 0.6) is 5.75 Å². The van der Waals surface area contributed by atoms with Crippen LogP contribution in [0.3, 0.4) is 0 Å². The summed E-state index contributed by atoms with van der Waals surface area (Å²) in [6, 6.07) is 15.5. The first-order chi connectivity index (χ1) is 15.0. The van der Waals surface area contributed by atoms with Gasteiger partial charge in [0.05, 0.1) is 13.0 Å². The number of carbonyl (C=O) groups excluding carboxylic acids is 2. The Labute approximate surface area is 180 Å². The maximum absolute atomic E-state index is 13.3. The minimum atomic E-state index is -0.336. The number of benzene rings is 3. The van der Waals surface area contributed by atoms with Crippen LogP contribution in [0.15, 0.2) is 54.6 Å². The molecule has 1 aliphatic rings. The van der Waals surface area contributed by atoms with E-state index in [4.69, 9.17) is 4.74 Å². The van der Waals surface area contributed by atoms with Crippen molar-refractivity contribution in [2.24, 2.45) is 5.92 Å². The van der Waals surface area contributed by atoms with Gasteiger partial charge in [0.25, 0.3) is 5.91 Å². The highest BCUT2D eigenvalue weighted by Gasteiger charge is 2.30. The van der Waals surface area contributed by atoms with Crippen molar-refractivity contribution in [3.63, 3.8) is 0 Å². The summed E-state index contributed by atoms with van der Waals surface area (Å²) in [6.45, 7) is 2.72. The number of aryl methyl sites for hydroxylation is 1. The molecule has 1 fully saturated rings. The average molecular weight is 420 g/mol. The van der Waals surface area contributed by atoms with Crippen molar-refractivity contribution in [3.8, 4) is 5.75 Å². The lowest BCUT2D eigenvalue weighted by atomic mass is 9.95. The second-order valence-corrected chi connectivity index (χ2v) is 7.90. The number of halogens is 1. The number of nitrogens with zero attached hydrogens (tertiary/aromatic N) is 1. The normalized spacial score (nSPS) is 16.2. The summed E-state index contributed by atoms with van der Waals surface area (Å²) in [7, 11) is 1.61. The standard InChI is InChI=1S/C25H25FN2O3/c1-16-14-18(26)9-11-22(16)27-24(29)17-6-5-13-28(15-17)25(30)21-10-12-23(31-2)20-8-4-3-7-19(20)21/h3-4,7-12,14,17H,5-6,13,15H2,1-2H3,(H,27,29)/t17-/m0/s1. The first-order valence-electron chi connectivity index (χ1n) is 10.4. The molecule has 5 nitrogen and oxygen atoms in total. The fraction of sp³-hybridized carbons (Fsp3) is 0.280. The molecule has 0 radical (unpaired) electrons. The minimum absolute atomic E-state index is 0.0886. The van der Waals surface area contributed by atoms with Crippen molar-refractivity contribution in [2.45, 2.75) is 19.8 Å². The van der Waals surface area contributed by atoms with Crippen LogP contribution in [-0.4, -0.2) is 36.9 Å². The molecule has 3 aromatic carbocycles. The van der Waals surface area contributed by atoms with E-state index in [1.807, 2.05) is 24.3 Å². The Kier molecular flexibility index (Phi) is 5.89. The van der Waals surface area contributed by atoms with E-state index in [1.165, 1.54) is 12.1 Å². The Morgan fingerprint density at radius 3 is 2.61 bits per heavy atom. The quantitative estimate of drug-likeness (QED) is 0.660. The summed E-state index contributed by atoms with van der Waals surface area (Å²) in [5, 5.41) is 4.61. The van der Waals surface area contributed by atoms with Crippen molar-refractivity contribution < 1.29 is 18.7 Å². The second kappa shape index (κ2) is 8.76. The smallest absolute Gasteiger partial charge is 0.254 e. The number of likely N-dealkylation sites (tertiary alicyclic amines) is 1. The van der Waals surface area contributed by atoms with E-state index >= 15 is 0 Å². The van der Waals surface area contributed by atoms with E-state index in [0.29, 0.717) is 36.3 Å². The third-order valence-corrected chi connectivity index (χ3v) is 5.86. The van der Waals surface area contributed by atoms with Crippen LogP contribution in [0, 0.1) is 18.7 Å². The summed E-state index contributed by atoms with van der Waals surface area (Å²) in [5.74, 6) is -0.165. The first-order valence-corrected chi connectivity index (χ1v) is 10.4. The zero-order chi connectivity index (χ0) is 22.0. The van der Waals surface area contributed by atoms with Gasteiger partial charge in [-0.15, -0.1) is 0 Å². The van der Waals surface area contributed by atoms with Crippen molar-refractivity contribution in [1.82, 2.24) is 4.90 Å². The maximum atomic E-state index is 13.3. The molecule has 2 amide bonds. The molecule has 4 rings (SSSR count). The van der Waals surface area contributed by atoms with E-state index in [-0.39, 0.29) is 23.5 Å².